The van der Waals surface area contributed by atoms with Crippen molar-refractivity contribution in [1.29, 1.82) is 0 Å². The van der Waals surface area contributed by atoms with Gasteiger partial charge in [-0.1, -0.05) is 56.3 Å². The molecule has 0 aliphatic rings. The number of nitrogens with one attached hydrogen (secondary N) is 2. The van der Waals surface area contributed by atoms with Gasteiger partial charge in [0.2, 0.25) is 5.91 Å². The van der Waals surface area contributed by atoms with E-state index in [0.717, 1.165) is 5.56 Å². The average Bonchev–Trinajstić information content (AvgIpc) is 2.61. The molecular formula is C23H33F3N2O3. The van der Waals surface area contributed by atoms with Gasteiger partial charge >= 0.3 is 12.1 Å². The normalized spacial score (nSPS) is 14.5. The zero-order valence-corrected chi connectivity index (χ0v) is 18.8. The van der Waals surface area contributed by atoms with Crippen LogP contribution in [0.15, 0.2) is 36.4 Å². The third kappa shape index (κ3) is 11.6. The molecule has 0 aliphatic carbocycles. The first kappa shape index (κ1) is 26.7. The number of amides is 1. The number of ether oxygens (including phenoxy) is 1. The number of hydrogen-bond acceptors (Lipinski definition) is 4. The van der Waals surface area contributed by atoms with Gasteiger partial charge in [0.25, 0.3) is 0 Å². The Labute approximate surface area is 182 Å². The van der Waals surface area contributed by atoms with E-state index >= 15 is 0 Å². The summed E-state index contributed by atoms with van der Waals surface area (Å²) < 4.78 is 42.8. The van der Waals surface area contributed by atoms with E-state index in [9.17, 15) is 22.8 Å². The van der Waals surface area contributed by atoms with Crippen LogP contribution in [-0.4, -0.2) is 30.2 Å². The van der Waals surface area contributed by atoms with Crippen molar-refractivity contribution >= 4 is 18.0 Å². The molecule has 0 aliphatic heterocycles. The summed E-state index contributed by atoms with van der Waals surface area (Å²) in [5.74, 6) is -2.87. The second kappa shape index (κ2) is 11.9. The number of esters is 1. The highest BCUT2D eigenvalue weighted by Gasteiger charge is 2.36. The molecular weight excluding hydrogens is 409 g/mol. The first-order valence-corrected chi connectivity index (χ1v) is 10.3. The van der Waals surface area contributed by atoms with Gasteiger partial charge in [0.1, 0.15) is 12.1 Å². The Bertz CT molecular complexity index is 726. The number of halogens is 3. The maximum atomic E-state index is 12.9. The Kier molecular flexibility index (Phi) is 10.2. The molecule has 174 valence electrons. The molecule has 0 unspecified atom stereocenters. The summed E-state index contributed by atoms with van der Waals surface area (Å²) in [7, 11) is 0. The Hall–Kier alpha value is -2.35. The first-order chi connectivity index (χ1) is 14.3. The van der Waals surface area contributed by atoms with Crippen molar-refractivity contribution in [3.63, 3.8) is 0 Å². The summed E-state index contributed by atoms with van der Waals surface area (Å²) in [6.07, 6.45) is -0.308. The molecule has 0 spiro atoms. The third-order valence-electron chi connectivity index (χ3n) is 4.26. The van der Waals surface area contributed by atoms with Crippen molar-refractivity contribution in [2.75, 3.05) is 6.54 Å². The number of allylic oxidation sites excluding steroid dienone is 1. The van der Waals surface area contributed by atoms with E-state index < -0.39 is 42.0 Å². The lowest BCUT2D eigenvalue weighted by molar-refractivity contribution is -0.164. The first-order valence-electron chi connectivity index (χ1n) is 10.3. The maximum absolute atomic E-state index is 12.9. The van der Waals surface area contributed by atoms with Crippen molar-refractivity contribution in [3.05, 3.63) is 42.0 Å². The molecule has 1 aromatic rings. The van der Waals surface area contributed by atoms with Crippen LogP contribution in [0.4, 0.5) is 13.2 Å². The average molecular weight is 443 g/mol. The summed E-state index contributed by atoms with van der Waals surface area (Å²) in [5.41, 5.74) is 4.19. The molecule has 31 heavy (non-hydrogen) atoms. The number of rotatable bonds is 10. The van der Waals surface area contributed by atoms with E-state index in [-0.39, 0.29) is 12.3 Å². The van der Waals surface area contributed by atoms with E-state index in [2.05, 4.69) is 5.43 Å². The Balaban J connectivity index is 3.06. The topological polar surface area (TPSA) is 67.4 Å². The SMILES string of the molecule is CC(C)C[C@@H](C(=O)NNCC(F)(F)F)[C@H](CC=Cc1ccccc1)C(=O)OC(C)(C)C. The fourth-order valence-electron chi connectivity index (χ4n) is 3.00. The van der Waals surface area contributed by atoms with Crippen molar-refractivity contribution < 1.29 is 27.5 Å². The highest BCUT2D eigenvalue weighted by molar-refractivity contribution is 5.85. The second-order valence-electron chi connectivity index (χ2n) is 8.88. The Morgan fingerprint density at radius 3 is 2.19 bits per heavy atom. The van der Waals surface area contributed by atoms with Crippen molar-refractivity contribution in [3.8, 4) is 0 Å². The van der Waals surface area contributed by atoms with E-state index in [1.807, 2.05) is 55.7 Å². The fourth-order valence-corrected chi connectivity index (χ4v) is 3.00. The Morgan fingerprint density at radius 1 is 1.06 bits per heavy atom. The van der Waals surface area contributed by atoms with Crippen molar-refractivity contribution in [2.45, 2.75) is 59.2 Å². The van der Waals surface area contributed by atoms with Crippen LogP contribution in [0.2, 0.25) is 0 Å². The summed E-state index contributed by atoms with van der Waals surface area (Å²) in [4.78, 5) is 25.7. The van der Waals surface area contributed by atoms with Crippen molar-refractivity contribution in [1.82, 2.24) is 10.9 Å². The second-order valence-corrected chi connectivity index (χ2v) is 8.88. The summed E-state index contributed by atoms with van der Waals surface area (Å²) in [5, 5.41) is 0. The molecule has 1 amide bonds. The van der Waals surface area contributed by atoms with Crippen LogP contribution in [0, 0.1) is 17.8 Å². The molecule has 0 saturated heterocycles. The quantitative estimate of drug-likeness (QED) is 0.400. The highest BCUT2D eigenvalue weighted by Crippen LogP contribution is 2.28. The number of alkyl halides is 3. The number of carbonyl (C=O) groups excluding carboxylic acids is 2. The molecule has 2 atom stereocenters. The van der Waals surface area contributed by atoms with Gasteiger partial charge in [-0.25, -0.2) is 5.43 Å². The van der Waals surface area contributed by atoms with Crippen LogP contribution < -0.4 is 10.9 Å². The number of benzene rings is 1. The lowest BCUT2D eigenvalue weighted by atomic mass is 9.82. The summed E-state index contributed by atoms with van der Waals surface area (Å²) in [6.45, 7) is 7.58. The number of hydrazine groups is 1. The largest absolute Gasteiger partial charge is 0.460 e. The Morgan fingerprint density at radius 2 is 1.68 bits per heavy atom. The summed E-state index contributed by atoms with van der Waals surface area (Å²) >= 11 is 0. The number of carbonyl (C=O) groups is 2. The van der Waals surface area contributed by atoms with E-state index in [1.54, 1.807) is 26.8 Å². The molecule has 0 saturated carbocycles. The summed E-state index contributed by atoms with van der Waals surface area (Å²) in [6, 6.07) is 9.45. The number of hydrogen-bond donors (Lipinski definition) is 2. The van der Waals surface area contributed by atoms with Crippen LogP contribution in [0.5, 0.6) is 0 Å². The molecule has 0 fully saturated rings. The molecule has 2 N–H and O–H groups in total. The van der Waals surface area contributed by atoms with E-state index in [4.69, 9.17) is 4.74 Å². The minimum absolute atomic E-state index is 0.0430. The maximum Gasteiger partial charge on any atom is 0.402 e. The molecule has 0 heterocycles. The van der Waals surface area contributed by atoms with Crippen LogP contribution in [-0.2, 0) is 14.3 Å². The van der Waals surface area contributed by atoms with Gasteiger partial charge < -0.3 is 4.74 Å². The van der Waals surface area contributed by atoms with Crippen LogP contribution in [0.3, 0.4) is 0 Å². The monoisotopic (exact) mass is 442 g/mol. The molecule has 8 heteroatoms. The molecule has 1 rings (SSSR count). The van der Waals surface area contributed by atoms with Crippen LogP contribution >= 0.6 is 0 Å². The minimum atomic E-state index is -4.47. The molecule has 0 radical (unpaired) electrons. The lowest BCUT2D eigenvalue weighted by Crippen LogP contribution is -2.48. The third-order valence-corrected chi connectivity index (χ3v) is 4.26. The van der Waals surface area contributed by atoms with E-state index in [1.165, 1.54) is 0 Å². The molecule has 0 bridgehead atoms. The molecule has 5 nitrogen and oxygen atoms in total. The standard InChI is InChI=1S/C23H33F3N2O3/c1-16(2)14-19(20(29)28-27-15-23(24,25)26)18(21(30)31-22(3,4)5)13-9-12-17-10-7-6-8-11-17/h6-12,16,18-19,27H,13-15H2,1-5H3,(H,28,29)/t18-,19+/m0/s1. The molecule has 1 aromatic carbocycles. The van der Waals surface area contributed by atoms with Crippen LogP contribution in [0.25, 0.3) is 6.08 Å². The minimum Gasteiger partial charge on any atom is -0.460 e. The smallest absolute Gasteiger partial charge is 0.402 e. The zero-order valence-electron chi connectivity index (χ0n) is 18.8. The molecule has 0 aromatic heterocycles. The predicted molar refractivity (Wildman–Crippen MR) is 115 cm³/mol. The van der Waals surface area contributed by atoms with Gasteiger partial charge in [-0.3, -0.25) is 15.0 Å². The van der Waals surface area contributed by atoms with Gasteiger partial charge in [-0.05, 0) is 45.1 Å². The lowest BCUT2D eigenvalue weighted by Gasteiger charge is -2.29. The predicted octanol–water partition coefficient (Wildman–Crippen LogP) is 4.89. The highest BCUT2D eigenvalue weighted by atomic mass is 19.4. The zero-order chi connectivity index (χ0) is 23.7. The van der Waals surface area contributed by atoms with Gasteiger partial charge in [0, 0.05) is 0 Å². The van der Waals surface area contributed by atoms with Gasteiger partial charge in [-0.2, -0.15) is 13.2 Å². The van der Waals surface area contributed by atoms with E-state index in [0.29, 0.717) is 6.42 Å². The van der Waals surface area contributed by atoms with Crippen LogP contribution in [0.1, 0.15) is 53.0 Å². The van der Waals surface area contributed by atoms with Gasteiger partial charge in [0.05, 0.1) is 11.8 Å². The van der Waals surface area contributed by atoms with Gasteiger partial charge in [-0.15, -0.1) is 0 Å². The van der Waals surface area contributed by atoms with Crippen molar-refractivity contribution in [2.24, 2.45) is 17.8 Å². The van der Waals surface area contributed by atoms with Gasteiger partial charge in [0.15, 0.2) is 0 Å². The fraction of sp³-hybridized carbons (Fsp3) is 0.565.